The van der Waals surface area contributed by atoms with E-state index in [1.807, 2.05) is 19.0 Å². The Hall–Kier alpha value is -0.690. The Balaban J connectivity index is 2.24. The molecule has 0 saturated carbocycles. The van der Waals surface area contributed by atoms with Crippen molar-refractivity contribution in [1.29, 1.82) is 0 Å². The highest BCUT2D eigenvalue weighted by Crippen LogP contribution is 2.25. The van der Waals surface area contributed by atoms with E-state index in [9.17, 15) is 8.42 Å². The first kappa shape index (κ1) is 15.7. The van der Waals surface area contributed by atoms with Crippen LogP contribution in [0.25, 0.3) is 0 Å². The number of sulfonamides is 1. The minimum atomic E-state index is -3.51. The summed E-state index contributed by atoms with van der Waals surface area (Å²) >= 11 is 5.70. The minimum Gasteiger partial charge on any atom is -0.308 e. The van der Waals surface area contributed by atoms with E-state index < -0.39 is 10.0 Å². The van der Waals surface area contributed by atoms with Gasteiger partial charge < -0.3 is 4.90 Å². The number of aromatic nitrogens is 1. The first-order valence-electron chi connectivity index (χ1n) is 6.62. The third-order valence-corrected chi connectivity index (χ3v) is 5.60. The number of hydrogen-bond acceptors (Lipinski definition) is 4. The Morgan fingerprint density at radius 1 is 1.45 bits per heavy atom. The molecule has 2 rings (SSSR count). The van der Waals surface area contributed by atoms with Crippen molar-refractivity contribution in [3.63, 3.8) is 0 Å². The molecule has 0 amide bonds. The Morgan fingerprint density at radius 2 is 2.20 bits per heavy atom. The van der Waals surface area contributed by atoms with Crippen molar-refractivity contribution < 1.29 is 8.42 Å². The summed E-state index contributed by atoms with van der Waals surface area (Å²) in [5, 5.41) is 0.108. The summed E-state index contributed by atoms with van der Waals surface area (Å²) in [6.07, 6.45) is 3.32. The van der Waals surface area contributed by atoms with Crippen molar-refractivity contribution in [1.82, 2.24) is 14.2 Å². The first-order chi connectivity index (χ1) is 9.45. The molecule has 1 aromatic rings. The average molecular weight is 318 g/mol. The SMILES string of the molecule is CN(C)CC1CCCN1S(=O)(=O)c1ccc(CCl)cn1. The number of halogens is 1. The van der Waals surface area contributed by atoms with Crippen LogP contribution in [0.5, 0.6) is 0 Å². The van der Waals surface area contributed by atoms with Gasteiger partial charge in [0.15, 0.2) is 5.03 Å². The van der Waals surface area contributed by atoms with Gasteiger partial charge in [0.1, 0.15) is 0 Å². The molecule has 1 fully saturated rings. The lowest BCUT2D eigenvalue weighted by molar-refractivity contribution is 0.291. The van der Waals surface area contributed by atoms with E-state index in [2.05, 4.69) is 4.98 Å². The zero-order chi connectivity index (χ0) is 14.8. The van der Waals surface area contributed by atoms with E-state index in [4.69, 9.17) is 11.6 Å². The van der Waals surface area contributed by atoms with Gasteiger partial charge in [-0.2, -0.15) is 4.31 Å². The van der Waals surface area contributed by atoms with Crippen LogP contribution in [0.3, 0.4) is 0 Å². The number of pyridine rings is 1. The molecular weight excluding hydrogens is 298 g/mol. The molecule has 0 spiro atoms. The average Bonchev–Trinajstić information content (AvgIpc) is 2.87. The lowest BCUT2D eigenvalue weighted by atomic mass is 10.2. The van der Waals surface area contributed by atoms with Gasteiger partial charge >= 0.3 is 0 Å². The van der Waals surface area contributed by atoms with Crippen molar-refractivity contribution in [2.24, 2.45) is 0 Å². The van der Waals surface area contributed by atoms with Gasteiger partial charge in [0.2, 0.25) is 0 Å². The smallest absolute Gasteiger partial charge is 0.260 e. The molecule has 112 valence electrons. The fourth-order valence-corrected chi connectivity index (χ4v) is 4.25. The molecule has 0 radical (unpaired) electrons. The van der Waals surface area contributed by atoms with Crippen molar-refractivity contribution in [3.8, 4) is 0 Å². The van der Waals surface area contributed by atoms with Crippen LogP contribution in [0.15, 0.2) is 23.4 Å². The fourth-order valence-electron chi connectivity index (χ4n) is 2.49. The normalized spacial score (nSPS) is 20.7. The van der Waals surface area contributed by atoms with Gasteiger partial charge in [0.05, 0.1) is 0 Å². The molecular formula is C13H20ClN3O2S. The van der Waals surface area contributed by atoms with E-state index >= 15 is 0 Å². The molecule has 5 nitrogen and oxygen atoms in total. The molecule has 0 aliphatic carbocycles. The Labute approximate surface area is 125 Å². The van der Waals surface area contributed by atoms with Gasteiger partial charge in [0, 0.05) is 31.2 Å². The number of nitrogens with zero attached hydrogens (tertiary/aromatic N) is 3. The summed E-state index contributed by atoms with van der Waals surface area (Å²) in [5.74, 6) is 0.334. The highest BCUT2D eigenvalue weighted by Gasteiger charge is 2.36. The largest absolute Gasteiger partial charge is 0.308 e. The van der Waals surface area contributed by atoms with Gasteiger partial charge in [-0.25, -0.2) is 13.4 Å². The topological polar surface area (TPSA) is 53.5 Å². The predicted molar refractivity (Wildman–Crippen MR) is 79.3 cm³/mol. The second-order valence-corrected chi connectivity index (χ2v) is 7.42. The van der Waals surface area contributed by atoms with Crippen molar-refractivity contribution >= 4 is 21.6 Å². The second-order valence-electron chi connectivity index (χ2n) is 5.31. The maximum Gasteiger partial charge on any atom is 0.260 e. The highest BCUT2D eigenvalue weighted by molar-refractivity contribution is 7.89. The molecule has 0 aromatic carbocycles. The summed E-state index contributed by atoms with van der Waals surface area (Å²) in [5.41, 5.74) is 0.817. The number of rotatable bonds is 5. The molecule has 1 aliphatic rings. The van der Waals surface area contributed by atoms with Crippen LogP contribution in [-0.2, 0) is 15.9 Å². The van der Waals surface area contributed by atoms with Crippen molar-refractivity contribution in [3.05, 3.63) is 23.9 Å². The third kappa shape index (κ3) is 3.31. The summed E-state index contributed by atoms with van der Waals surface area (Å²) < 4.78 is 26.9. The molecule has 20 heavy (non-hydrogen) atoms. The molecule has 7 heteroatoms. The standard InChI is InChI=1S/C13H20ClN3O2S/c1-16(2)10-12-4-3-7-17(12)20(18,19)13-6-5-11(8-14)9-15-13/h5-6,9,12H,3-4,7-8,10H2,1-2H3. The lowest BCUT2D eigenvalue weighted by Gasteiger charge is -2.26. The van der Waals surface area contributed by atoms with Crippen molar-refractivity contribution in [2.45, 2.75) is 29.8 Å². The number of alkyl halides is 1. The first-order valence-corrected chi connectivity index (χ1v) is 8.60. The summed E-state index contributed by atoms with van der Waals surface area (Å²) in [4.78, 5) is 6.07. The molecule has 1 atom stereocenters. The summed E-state index contributed by atoms with van der Waals surface area (Å²) in [6.45, 7) is 1.30. The fraction of sp³-hybridized carbons (Fsp3) is 0.615. The van der Waals surface area contributed by atoms with Crippen LogP contribution < -0.4 is 0 Å². The molecule has 1 aromatic heterocycles. The van der Waals surface area contributed by atoms with E-state index in [0.29, 0.717) is 12.4 Å². The van der Waals surface area contributed by atoms with Crippen LogP contribution >= 0.6 is 11.6 Å². The monoisotopic (exact) mass is 317 g/mol. The van der Waals surface area contributed by atoms with Gasteiger partial charge in [-0.15, -0.1) is 11.6 Å². The van der Waals surface area contributed by atoms with E-state index in [0.717, 1.165) is 24.9 Å². The molecule has 0 bridgehead atoms. The third-order valence-electron chi connectivity index (χ3n) is 3.42. The van der Waals surface area contributed by atoms with E-state index in [1.165, 1.54) is 12.3 Å². The second kappa shape index (κ2) is 6.39. The zero-order valence-corrected chi connectivity index (χ0v) is 13.4. The molecule has 2 heterocycles. The Morgan fingerprint density at radius 3 is 2.75 bits per heavy atom. The molecule has 1 unspecified atom stereocenters. The highest BCUT2D eigenvalue weighted by atomic mass is 35.5. The van der Waals surface area contributed by atoms with Gasteiger partial charge in [0.25, 0.3) is 10.0 Å². The van der Waals surface area contributed by atoms with Gasteiger partial charge in [-0.3, -0.25) is 0 Å². The maximum atomic E-state index is 12.6. The van der Waals surface area contributed by atoms with Crippen LogP contribution in [0.2, 0.25) is 0 Å². The van der Waals surface area contributed by atoms with E-state index in [-0.39, 0.29) is 11.1 Å². The molecule has 0 N–H and O–H groups in total. The summed E-state index contributed by atoms with van der Waals surface area (Å²) in [6, 6.07) is 3.28. The Bertz CT molecular complexity index is 545. The van der Waals surface area contributed by atoms with Crippen molar-refractivity contribution in [2.75, 3.05) is 27.2 Å². The number of likely N-dealkylation sites (N-methyl/N-ethyl adjacent to an activating group) is 1. The van der Waals surface area contributed by atoms with Gasteiger partial charge in [-0.1, -0.05) is 6.07 Å². The lowest BCUT2D eigenvalue weighted by Crippen LogP contribution is -2.41. The minimum absolute atomic E-state index is 0.0319. The van der Waals surface area contributed by atoms with Crippen LogP contribution in [0.1, 0.15) is 18.4 Å². The maximum absolute atomic E-state index is 12.6. The van der Waals surface area contributed by atoms with E-state index in [1.54, 1.807) is 10.4 Å². The van der Waals surface area contributed by atoms with Crippen LogP contribution in [0, 0.1) is 0 Å². The molecule has 1 saturated heterocycles. The zero-order valence-electron chi connectivity index (χ0n) is 11.8. The van der Waals surface area contributed by atoms with Gasteiger partial charge in [-0.05, 0) is 38.6 Å². The Kier molecular flexibility index (Phi) is 5.01. The molecule has 1 aliphatic heterocycles. The quantitative estimate of drug-likeness (QED) is 0.773. The predicted octanol–water partition coefficient (Wildman–Crippen LogP) is 1.54. The van der Waals surface area contributed by atoms with Crippen LogP contribution in [-0.4, -0.2) is 55.8 Å². The van der Waals surface area contributed by atoms with Crippen LogP contribution in [0.4, 0.5) is 0 Å². The number of hydrogen-bond donors (Lipinski definition) is 0. The summed E-state index contributed by atoms with van der Waals surface area (Å²) in [7, 11) is 0.404.